The van der Waals surface area contributed by atoms with Crippen molar-refractivity contribution < 1.29 is 14.3 Å². The van der Waals surface area contributed by atoms with E-state index in [0.29, 0.717) is 0 Å². The minimum Gasteiger partial charge on any atom is -0.394 e. The monoisotopic (exact) mass is 240 g/mol. The normalized spacial score (nSPS) is 15.6. The maximum atomic E-state index is 9.03. The average molecular weight is 240 g/mol. The van der Waals surface area contributed by atoms with Gasteiger partial charge in [-0.25, -0.2) is 0 Å². The van der Waals surface area contributed by atoms with E-state index < -0.39 is 16.1 Å². The first-order valence-electron chi connectivity index (χ1n) is 5.51. The molecule has 0 radical (unpaired) electrons. The van der Waals surface area contributed by atoms with Gasteiger partial charge in [0.2, 0.25) is 0 Å². The lowest BCUT2D eigenvalue weighted by atomic mass is 10.1. The van der Waals surface area contributed by atoms with E-state index in [1.165, 1.54) is 16.3 Å². The van der Waals surface area contributed by atoms with Crippen molar-refractivity contribution in [3.8, 4) is 0 Å². The molecule has 2 unspecified atom stereocenters. The third-order valence-corrected chi connectivity index (χ3v) is 4.29. The summed E-state index contributed by atoms with van der Waals surface area (Å²) in [6.45, 7) is 7.61. The maximum Gasteiger partial charge on any atom is 0.195 e. The molecule has 1 aromatic rings. The highest BCUT2D eigenvalue weighted by molar-refractivity contribution is 6.47. The lowest BCUT2D eigenvalue weighted by Crippen LogP contribution is -2.28. The molecule has 1 N–H and O–H groups in total. The molecule has 0 amide bonds. The number of hydrogen-bond donors (Lipinski definition) is 1. The molecule has 3 nitrogen and oxygen atoms in total. The van der Waals surface area contributed by atoms with Crippen LogP contribution in [0.15, 0.2) is 18.2 Å². The van der Waals surface area contributed by atoms with E-state index in [2.05, 4.69) is 26.0 Å². The Balaban J connectivity index is 2.51. The van der Waals surface area contributed by atoms with Gasteiger partial charge in [-0.05, 0) is 44.0 Å². The van der Waals surface area contributed by atoms with Crippen LogP contribution in [0.25, 0.3) is 0 Å². The van der Waals surface area contributed by atoms with Gasteiger partial charge in [0.05, 0.1) is 0 Å². The Kier molecular flexibility index (Phi) is 5.14. The van der Waals surface area contributed by atoms with Crippen LogP contribution in [0.2, 0.25) is 0 Å². The second kappa shape index (κ2) is 6.15. The van der Waals surface area contributed by atoms with Gasteiger partial charge in [0.1, 0.15) is 6.29 Å². The molecule has 0 aliphatic heterocycles. The van der Waals surface area contributed by atoms with Gasteiger partial charge in [-0.15, -0.1) is 0 Å². The van der Waals surface area contributed by atoms with Gasteiger partial charge in [0.25, 0.3) is 0 Å². The van der Waals surface area contributed by atoms with E-state index in [4.69, 9.17) is 14.3 Å². The van der Waals surface area contributed by atoms with Crippen LogP contribution in [0, 0.1) is 13.8 Å². The van der Waals surface area contributed by atoms with Gasteiger partial charge < -0.3 is 14.3 Å². The Morgan fingerprint density at radius 2 is 1.94 bits per heavy atom. The third-order valence-electron chi connectivity index (χ3n) is 2.58. The third kappa shape index (κ3) is 4.06. The molecule has 2 atom stereocenters. The lowest BCUT2D eigenvalue weighted by molar-refractivity contribution is -0.179. The summed E-state index contributed by atoms with van der Waals surface area (Å²) in [6, 6.07) is 6.25. The fourth-order valence-electron chi connectivity index (χ4n) is 1.49. The van der Waals surface area contributed by atoms with Crippen molar-refractivity contribution in [3.63, 3.8) is 0 Å². The summed E-state index contributed by atoms with van der Waals surface area (Å²) < 4.78 is 10.7. The number of hydrogen-bond acceptors (Lipinski definition) is 3. The summed E-state index contributed by atoms with van der Waals surface area (Å²) in [5, 5.41) is 10.3. The van der Waals surface area contributed by atoms with Crippen molar-refractivity contribution in [1.29, 1.82) is 0 Å². The van der Waals surface area contributed by atoms with Crippen molar-refractivity contribution in [2.45, 2.75) is 40.3 Å². The second-order valence-corrected chi connectivity index (χ2v) is 5.36. The first-order valence-corrected chi connectivity index (χ1v) is 6.79. The Labute approximate surface area is 99.3 Å². The zero-order valence-corrected chi connectivity index (χ0v) is 11.8. The number of ether oxygens (including phenoxy) is 1. The SMILES string of the molecule is Cc1cccc([SiH2]OC(C)OC(C)O)c1C. The standard InChI is InChI=1S/C12H20O3Si/c1-8-6-5-7-12(9(8)2)16-15-11(4)14-10(3)13/h5-7,10-11,13H,16H2,1-4H3. The molecular formula is C12H20O3Si. The quantitative estimate of drug-likeness (QED) is 0.609. The topological polar surface area (TPSA) is 38.7 Å². The van der Waals surface area contributed by atoms with Gasteiger partial charge >= 0.3 is 0 Å². The van der Waals surface area contributed by atoms with Gasteiger partial charge in [-0.3, -0.25) is 0 Å². The molecule has 0 saturated heterocycles. The predicted octanol–water partition coefficient (Wildman–Crippen LogP) is 0.730. The fourth-order valence-corrected chi connectivity index (χ4v) is 2.71. The van der Waals surface area contributed by atoms with E-state index in [1.807, 2.05) is 13.0 Å². The molecule has 0 heterocycles. The minimum atomic E-state index is -0.788. The molecule has 0 aromatic heterocycles. The van der Waals surface area contributed by atoms with Gasteiger partial charge in [0.15, 0.2) is 16.1 Å². The van der Waals surface area contributed by atoms with Crippen molar-refractivity contribution in [2.75, 3.05) is 0 Å². The Hall–Kier alpha value is -0.683. The van der Waals surface area contributed by atoms with E-state index in [0.717, 1.165) is 0 Å². The second-order valence-electron chi connectivity index (χ2n) is 3.97. The number of benzene rings is 1. The Morgan fingerprint density at radius 1 is 1.25 bits per heavy atom. The molecule has 0 fully saturated rings. The summed E-state index contributed by atoms with van der Waals surface area (Å²) in [5.74, 6) is 0. The van der Waals surface area contributed by atoms with E-state index in [9.17, 15) is 0 Å². The summed E-state index contributed by atoms with van der Waals surface area (Å²) in [7, 11) is -0.788. The molecule has 90 valence electrons. The van der Waals surface area contributed by atoms with Crippen molar-refractivity contribution in [2.24, 2.45) is 0 Å². The predicted molar refractivity (Wildman–Crippen MR) is 67.4 cm³/mol. The minimum absolute atomic E-state index is 0.341. The van der Waals surface area contributed by atoms with Crippen LogP contribution in [-0.2, 0) is 9.16 Å². The van der Waals surface area contributed by atoms with Gasteiger partial charge in [-0.2, -0.15) is 0 Å². The van der Waals surface area contributed by atoms with Crippen LogP contribution in [0.4, 0.5) is 0 Å². The van der Waals surface area contributed by atoms with Crippen molar-refractivity contribution >= 4 is 14.9 Å². The van der Waals surface area contributed by atoms with E-state index in [-0.39, 0.29) is 6.29 Å². The van der Waals surface area contributed by atoms with Crippen LogP contribution >= 0.6 is 0 Å². The molecule has 0 bridgehead atoms. The van der Waals surface area contributed by atoms with Crippen LogP contribution in [-0.4, -0.2) is 27.4 Å². The van der Waals surface area contributed by atoms with Gasteiger partial charge in [0, 0.05) is 0 Å². The Morgan fingerprint density at radius 3 is 2.56 bits per heavy atom. The fraction of sp³-hybridized carbons (Fsp3) is 0.500. The van der Waals surface area contributed by atoms with Crippen LogP contribution in [0.5, 0.6) is 0 Å². The highest BCUT2D eigenvalue weighted by Gasteiger charge is 2.08. The summed E-state index contributed by atoms with van der Waals surface area (Å²) in [5.41, 5.74) is 2.59. The molecule has 4 heteroatoms. The molecule has 0 aliphatic rings. The van der Waals surface area contributed by atoms with E-state index >= 15 is 0 Å². The molecule has 16 heavy (non-hydrogen) atoms. The van der Waals surface area contributed by atoms with Crippen molar-refractivity contribution in [1.82, 2.24) is 0 Å². The highest BCUT2D eigenvalue weighted by atomic mass is 28.2. The summed E-state index contributed by atoms with van der Waals surface area (Å²) >= 11 is 0. The average Bonchev–Trinajstić information content (AvgIpc) is 2.19. The van der Waals surface area contributed by atoms with E-state index in [1.54, 1.807) is 6.92 Å². The zero-order chi connectivity index (χ0) is 12.1. The summed E-state index contributed by atoms with van der Waals surface area (Å²) in [6.07, 6.45) is -1.12. The smallest absolute Gasteiger partial charge is 0.195 e. The zero-order valence-electron chi connectivity index (χ0n) is 10.4. The Bertz CT molecular complexity index is 339. The summed E-state index contributed by atoms with van der Waals surface area (Å²) in [4.78, 5) is 0. The maximum absolute atomic E-state index is 9.03. The first kappa shape index (κ1) is 13.4. The van der Waals surface area contributed by atoms with Crippen LogP contribution < -0.4 is 5.19 Å². The number of aliphatic hydroxyl groups excluding tert-OH is 1. The molecule has 1 rings (SSSR count). The molecule has 0 spiro atoms. The highest BCUT2D eigenvalue weighted by Crippen LogP contribution is 2.03. The largest absolute Gasteiger partial charge is 0.394 e. The molecule has 0 aliphatic carbocycles. The van der Waals surface area contributed by atoms with Crippen molar-refractivity contribution in [3.05, 3.63) is 29.3 Å². The number of aryl methyl sites for hydroxylation is 1. The molecule has 0 saturated carbocycles. The number of rotatable bonds is 5. The molecule has 1 aromatic carbocycles. The lowest BCUT2D eigenvalue weighted by Gasteiger charge is -2.17. The van der Waals surface area contributed by atoms with Crippen LogP contribution in [0.3, 0.4) is 0 Å². The van der Waals surface area contributed by atoms with Crippen LogP contribution in [0.1, 0.15) is 25.0 Å². The first-order chi connectivity index (χ1) is 7.50. The number of aliphatic hydroxyl groups is 1. The van der Waals surface area contributed by atoms with Gasteiger partial charge in [-0.1, -0.05) is 18.2 Å². The molecular weight excluding hydrogens is 220 g/mol.